The van der Waals surface area contributed by atoms with Gasteiger partial charge in [0.15, 0.2) is 5.82 Å². The first-order valence-electron chi connectivity index (χ1n) is 9.87. The largest absolute Gasteiger partial charge is 0.496 e. The number of aromatic nitrogens is 2. The van der Waals surface area contributed by atoms with E-state index in [2.05, 4.69) is 42.3 Å². The lowest BCUT2D eigenvalue weighted by Crippen LogP contribution is -2.38. The van der Waals surface area contributed by atoms with Gasteiger partial charge in [0, 0.05) is 25.2 Å². The number of hydrogen-bond acceptors (Lipinski definition) is 6. The van der Waals surface area contributed by atoms with Crippen LogP contribution in [0.25, 0.3) is 0 Å². The van der Waals surface area contributed by atoms with Gasteiger partial charge in [-0.05, 0) is 43.7 Å². The van der Waals surface area contributed by atoms with Crippen molar-refractivity contribution >= 4 is 0 Å². The van der Waals surface area contributed by atoms with Crippen LogP contribution in [0.2, 0.25) is 0 Å². The van der Waals surface area contributed by atoms with Crippen LogP contribution in [-0.4, -0.2) is 36.5 Å². The van der Waals surface area contributed by atoms with E-state index in [0.717, 1.165) is 44.1 Å². The lowest BCUT2D eigenvalue weighted by molar-refractivity contribution is 0.0471. The Morgan fingerprint density at radius 1 is 1.19 bits per heavy atom. The summed E-state index contributed by atoms with van der Waals surface area (Å²) in [6.45, 7) is 7.92. The van der Waals surface area contributed by atoms with Crippen molar-refractivity contribution in [3.8, 4) is 5.75 Å². The summed E-state index contributed by atoms with van der Waals surface area (Å²) in [7, 11) is 1.72. The maximum absolute atomic E-state index is 5.65. The molecule has 2 aromatic rings. The van der Waals surface area contributed by atoms with Crippen LogP contribution >= 0.6 is 0 Å². The van der Waals surface area contributed by atoms with E-state index < -0.39 is 0 Å². The van der Waals surface area contributed by atoms with Gasteiger partial charge in [-0.25, -0.2) is 0 Å². The zero-order valence-corrected chi connectivity index (χ0v) is 16.8. The van der Waals surface area contributed by atoms with E-state index >= 15 is 0 Å². The van der Waals surface area contributed by atoms with Crippen molar-refractivity contribution in [2.24, 2.45) is 5.92 Å². The van der Waals surface area contributed by atoms with Gasteiger partial charge in [-0.15, -0.1) is 0 Å². The molecule has 0 bridgehead atoms. The Balaban J connectivity index is 1.75. The van der Waals surface area contributed by atoms with Crippen molar-refractivity contribution in [2.75, 3.05) is 20.3 Å². The minimum atomic E-state index is 0.0404. The molecule has 0 aliphatic carbocycles. The summed E-state index contributed by atoms with van der Waals surface area (Å²) in [5.74, 6) is 3.07. The van der Waals surface area contributed by atoms with Crippen LogP contribution in [0.4, 0.5) is 0 Å². The molecular weight excluding hydrogens is 342 g/mol. The monoisotopic (exact) mass is 373 g/mol. The molecule has 1 aliphatic rings. The van der Waals surface area contributed by atoms with Crippen LogP contribution in [-0.2, 0) is 11.2 Å². The van der Waals surface area contributed by atoms with E-state index in [4.69, 9.17) is 14.0 Å². The first-order valence-corrected chi connectivity index (χ1v) is 9.87. The van der Waals surface area contributed by atoms with E-state index in [-0.39, 0.29) is 18.0 Å². The Morgan fingerprint density at radius 3 is 2.59 bits per heavy atom. The van der Waals surface area contributed by atoms with Gasteiger partial charge in [-0.1, -0.05) is 37.2 Å². The number of para-hydroxylation sites is 1. The highest BCUT2D eigenvalue weighted by atomic mass is 16.5. The minimum absolute atomic E-state index is 0.0404. The Kier molecular flexibility index (Phi) is 6.85. The molecule has 6 heteroatoms. The van der Waals surface area contributed by atoms with Crippen LogP contribution in [0.3, 0.4) is 0 Å². The molecule has 0 radical (unpaired) electrons. The molecule has 0 spiro atoms. The smallest absolute Gasteiger partial charge is 0.244 e. The molecule has 1 aromatic carbocycles. The third-order valence-corrected chi connectivity index (χ3v) is 5.16. The van der Waals surface area contributed by atoms with E-state index in [1.807, 2.05) is 18.2 Å². The molecule has 2 atom stereocenters. The lowest BCUT2D eigenvalue weighted by atomic mass is 9.90. The fourth-order valence-electron chi connectivity index (χ4n) is 3.63. The number of nitrogens with one attached hydrogen (secondary N) is 1. The maximum atomic E-state index is 5.65. The summed E-state index contributed by atoms with van der Waals surface area (Å²) in [6.07, 6.45) is 2.87. The Hall–Kier alpha value is -1.92. The standard InChI is InChI=1S/C21H31N3O3/c1-14(2)20-23-21(27-24-20)19(16-9-11-26-12-10-16)22-15(3)13-17-7-5-6-8-18(17)25-4/h5-8,14-16,19,22H,9-13H2,1-4H3/t15-,19-/m1/s1. The van der Waals surface area contributed by atoms with Gasteiger partial charge in [-0.3, -0.25) is 0 Å². The molecule has 1 aliphatic heterocycles. The number of benzene rings is 1. The van der Waals surface area contributed by atoms with Crippen LogP contribution < -0.4 is 10.1 Å². The summed E-state index contributed by atoms with van der Waals surface area (Å²) in [4.78, 5) is 4.67. The highest BCUT2D eigenvalue weighted by molar-refractivity contribution is 5.33. The van der Waals surface area contributed by atoms with Crippen molar-refractivity contribution in [3.63, 3.8) is 0 Å². The van der Waals surface area contributed by atoms with Crippen molar-refractivity contribution in [1.82, 2.24) is 15.5 Å². The van der Waals surface area contributed by atoms with Gasteiger partial charge in [0.25, 0.3) is 0 Å². The molecule has 2 heterocycles. The maximum Gasteiger partial charge on any atom is 0.244 e. The SMILES string of the molecule is COc1ccccc1C[C@@H](C)N[C@@H](c1nc(C(C)C)no1)C1CCOCC1. The van der Waals surface area contributed by atoms with Crippen LogP contribution in [0.1, 0.15) is 62.9 Å². The Bertz CT molecular complexity index is 710. The first kappa shape index (κ1) is 19.8. The van der Waals surface area contributed by atoms with Gasteiger partial charge >= 0.3 is 0 Å². The minimum Gasteiger partial charge on any atom is -0.496 e. The molecule has 0 amide bonds. The van der Waals surface area contributed by atoms with E-state index in [1.54, 1.807) is 7.11 Å². The quantitative estimate of drug-likeness (QED) is 0.757. The van der Waals surface area contributed by atoms with E-state index in [9.17, 15) is 0 Å². The summed E-state index contributed by atoms with van der Waals surface area (Å²) in [5.41, 5.74) is 1.19. The number of hydrogen-bond donors (Lipinski definition) is 1. The van der Waals surface area contributed by atoms with Crippen molar-refractivity contribution in [1.29, 1.82) is 0 Å². The zero-order valence-electron chi connectivity index (χ0n) is 16.8. The Labute approximate surface area is 161 Å². The molecular formula is C21H31N3O3. The fourth-order valence-corrected chi connectivity index (χ4v) is 3.63. The van der Waals surface area contributed by atoms with Gasteiger partial charge in [0.1, 0.15) is 5.75 Å². The number of rotatable bonds is 8. The number of ether oxygens (including phenoxy) is 2. The molecule has 1 saturated heterocycles. The average Bonchev–Trinajstić information content (AvgIpc) is 3.17. The topological polar surface area (TPSA) is 69.4 Å². The third kappa shape index (κ3) is 5.08. The lowest BCUT2D eigenvalue weighted by Gasteiger charge is -2.31. The molecule has 1 N–H and O–H groups in total. The van der Waals surface area contributed by atoms with Gasteiger partial charge in [-0.2, -0.15) is 4.98 Å². The highest BCUT2D eigenvalue weighted by Crippen LogP contribution is 2.31. The summed E-state index contributed by atoms with van der Waals surface area (Å²) >= 11 is 0. The van der Waals surface area contributed by atoms with E-state index in [1.165, 1.54) is 5.56 Å². The second-order valence-electron chi connectivity index (χ2n) is 7.66. The molecule has 1 fully saturated rings. The fraction of sp³-hybridized carbons (Fsp3) is 0.619. The van der Waals surface area contributed by atoms with Gasteiger partial charge in [0.05, 0.1) is 13.2 Å². The molecule has 0 unspecified atom stereocenters. The number of nitrogens with zero attached hydrogens (tertiary/aromatic N) is 2. The molecule has 3 rings (SSSR count). The predicted molar refractivity (Wildman–Crippen MR) is 104 cm³/mol. The summed E-state index contributed by atoms with van der Waals surface area (Å²) in [6, 6.07) is 8.45. The molecule has 0 saturated carbocycles. The second kappa shape index (κ2) is 9.33. The molecule has 6 nitrogen and oxygen atoms in total. The number of methoxy groups -OCH3 is 1. The summed E-state index contributed by atoms with van der Waals surface area (Å²) in [5, 5.41) is 7.92. The van der Waals surface area contributed by atoms with Crippen LogP contribution in [0.5, 0.6) is 5.75 Å². The summed E-state index contributed by atoms with van der Waals surface area (Å²) < 4.78 is 16.7. The Morgan fingerprint density at radius 2 is 1.93 bits per heavy atom. The second-order valence-corrected chi connectivity index (χ2v) is 7.66. The van der Waals surface area contributed by atoms with Crippen LogP contribution in [0.15, 0.2) is 28.8 Å². The van der Waals surface area contributed by atoms with Crippen molar-refractivity contribution in [3.05, 3.63) is 41.5 Å². The first-order chi connectivity index (χ1) is 13.1. The zero-order chi connectivity index (χ0) is 19.2. The van der Waals surface area contributed by atoms with Crippen molar-refractivity contribution < 1.29 is 14.0 Å². The normalized spacial score (nSPS) is 17.8. The van der Waals surface area contributed by atoms with Gasteiger partial charge < -0.3 is 19.3 Å². The molecule has 1 aromatic heterocycles. The van der Waals surface area contributed by atoms with Crippen LogP contribution in [0, 0.1) is 5.92 Å². The van der Waals surface area contributed by atoms with E-state index in [0.29, 0.717) is 11.8 Å². The highest BCUT2D eigenvalue weighted by Gasteiger charge is 2.31. The van der Waals surface area contributed by atoms with Crippen molar-refractivity contribution in [2.45, 2.75) is 58.0 Å². The predicted octanol–water partition coefficient (Wildman–Crippen LogP) is 3.89. The van der Waals surface area contributed by atoms with Gasteiger partial charge in [0.2, 0.25) is 5.89 Å². The molecule has 148 valence electrons. The average molecular weight is 373 g/mol. The third-order valence-electron chi connectivity index (χ3n) is 5.16. The molecule has 27 heavy (non-hydrogen) atoms.